The summed E-state index contributed by atoms with van der Waals surface area (Å²) in [5.74, 6) is 0.440. The lowest BCUT2D eigenvalue weighted by molar-refractivity contribution is 0.0600. The van der Waals surface area contributed by atoms with Crippen LogP contribution in [0.15, 0.2) is 35.5 Å². The topological polar surface area (TPSA) is 75.6 Å². The Hall–Kier alpha value is -2.41. The van der Waals surface area contributed by atoms with Gasteiger partial charge in [0, 0.05) is 30.6 Å². The third-order valence-electron chi connectivity index (χ3n) is 3.44. The van der Waals surface area contributed by atoms with Gasteiger partial charge in [-0.15, -0.1) is 11.3 Å². The first-order valence-corrected chi connectivity index (χ1v) is 9.04. The van der Waals surface area contributed by atoms with Crippen LogP contribution in [0.2, 0.25) is 0 Å². The number of hydrogen-bond donors (Lipinski definition) is 2. The monoisotopic (exact) mass is 360 g/mol. The number of carbonyl (C=O) groups excluding carboxylic acids is 1. The third-order valence-corrected chi connectivity index (χ3v) is 4.41. The van der Waals surface area contributed by atoms with E-state index < -0.39 is 0 Å². The molecule has 25 heavy (non-hydrogen) atoms. The number of carbonyl (C=O) groups is 1. The summed E-state index contributed by atoms with van der Waals surface area (Å²) in [6.45, 7) is 6.20. The molecule has 0 aliphatic rings. The number of nitrogens with one attached hydrogen (secondary N) is 2. The molecule has 0 aliphatic carbocycles. The molecule has 0 unspecified atom stereocenters. The maximum absolute atomic E-state index is 11.4. The quantitative estimate of drug-likeness (QED) is 0.451. The van der Waals surface area contributed by atoms with Crippen LogP contribution >= 0.6 is 11.3 Å². The van der Waals surface area contributed by atoms with Gasteiger partial charge in [0.25, 0.3) is 0 Å². The molecule has 0 fully saturated rings. The second kappa shape index (κ2) is 9.78. The summed E-state index contributed by atoms with van der Waals surface area (Å²) in [7, 11) is 1.38. The molecule has 0 saturated heterocycles. The number of benzene rings is 1. The second-order valence-corrected chi connectivity index (χ2v) is 6.74. The fourth-order valence-electron chi connectivity index (χ4n) is 2.18. The van der Waals surface area contributed by atoms with Gasteiger partial charge in [-0.05, 0) is 31.5 Å². The van der Waals surface area contributed by atoms with Crippen molar-refractivity contribution in [2.24, 2.45) is 4.99 Å². The van der Waals surface area contributed by atoms with Crippen molar-refractivity contribution in [3.63, 3.8) is 0 Å². The van der Waals surface area contributed by atoms with Gasteiger partial charge in [-0.25, -0.2) is 14.8 Å². The lowest BCUT2D eigenvalue weighted by Crippen LogP contribution is -2.38. The number of guanidine groups is 1. The minimum Gasteiger partial charge on any atom is -0.465 e. The molecular weight excluding hydrogens is 336 g/mol. The number of thiazole rings is 1. The number of rotatable bonds is 7. The van der Waals surface area contributed by atoms with Crippen LogP contribution in [0.25, 0.3) is 0 Å². The minimum absolute atomic E-state index is 0.331. The van der Waals surface area contributed by atoms with E-state index in [-0.39, 0.29) is 5.97 Å². The molecule has 0 aliphatic heterocycles. The first-order valence-electron chi connectivity index (χ1n) is 8.23. The van der Waals surface area contributed by atoms with E-state index in [1.165, 1.54) is 12.0 Å². The van der Waals surface area contributed by atoms with Crippen LogP contribution in [-0.2, 0) is 17.7 Å². The summed E-state index contributed by atoms with van der Waals surface area (Å²) in [5.41, 5.74) is 1.57. The molecule has 0 saturated carbocycles. The predicted molar refractivity (Wildman–Crippen MR) is 101 cm³/mol. The number of ether oxygens (including phenoxy) is 1. The van der Waals surface area contributed by atoms with Crippen molar-refractivity contribution in [1.29, 1.82) is 0 Å². The number of methoxy groups -OCH3 is 1. The Labute approximate surface area is 152 Å². The molecule has 2 aromatic rings. The van der Waals surface area contributed by atoms with Crippen LogP contribution in [0.1, 0.15) is 32.7 Å². The molecule has 0 atom stereocenters. The highest BCUT2D eigenvalue weighted by atomic mass is 32.1. The summed E-state index contributed by atoms with van der Waals surface area (Å²) in [4.78, 5) is 21.6. The fraction of sp³-hybridized carbons (Fsp3) is 0.389. The minimum atomic E-state index is -0.331. The highest BCUT2D eigenvalue weighted by molar-refractivity contribution is 7.11. The van der Waals surface area contributed by atoms with Crippen molar-refractivity contribution in [2.75, 3.05) is 20.2 Å². The van der Waals surface area contributed by atoms with Crippen LogP contribution in [0.5, 0.6) is 0 Å². The molecule has 2 N–H and O–H groups in total. The molecule has 0 radical (unpaired) electrons. The third kappa shape index (κ3) is 6.19. The van der Waals surface area contributed by atoms with E-state index in [1.807, 2.05) is 25.3 Å². The number of hydrogen-bond acceptors (Lipinski definition) is 5. The van der Waals surface area contributed by atoms with E-state index >= 15 is 0 Å². The SMILES string of the molecule is CCNC(=NCc1ccc(C(=O)OC)cc1)NCCc1ncc(C)s1. The molecule has 7 heteroatoms. The fourth-order valence-corrected chi connectivity index (χ4v) is 2.97. The molecule has 0 spiro atoms. The van der Waals surface area contributed by atoms with Crippen molar-refractivity contribution < 1.29 is 9.53 Å². The van der Waals surface area contributed by atoms with E-state index in [9.17, 15) is 4.79 Å². The molecule has 2 rings (SSSR count). The number of aryl methyl sites for hydroxylation is 1. The Morgan fingerprint density at radius 1 is 1.28 bits per heavy atom. The average molecular weight is 360 g/mol. The van der Waals surface area contributed by atoms with E-state index in [2.05, 4.69) is 27.5 Å². The van der Waals surface area contributed by atoms with E-state index in [4.69, 9.17) is 4.74 Å². The maximum atomic E-state index is 11.4. The molecule has 1 heterocycles. The van der Waals surface area contributed by atoms with E-state index in [1.54, 1.807) is 23.5 Å². The lowest BCUT2D eigenvalue weighted by Gasteiger charge is -2.10. The molecule has 0 amide bonds. The van der Waals surface area contributed by atoms with E-state index in [0.29, 0.717) is 12.1 Å². The molecule has 6 nitrogen and oxygen atoms in total. The van der Waals surface area contributed by atoms with Gasteiger partial charge in [-0.2, -0.15) is 0 Å². The Kier molecular flexibility index (Phi) is 7.40. The Morgan fingerprint density at radius 2 is 2.04 bits per heavy atom. The van der Waals surface area contributed by atoms with Gasteiger partial charge in [0.2, 0.25) is 0 Å². The maximum Gasteiger partial charge on any atom is 0.337 e. The second-order valence-electron chi connectivity index (χ2n) is 5.43. The van der Waals surface area contributed by atoms with Crippen LogP contribution < -0.4 is 10.6 Å². The van der Waals surface area contributed by atoms with Crippen molar-refractivity contribution in [1.82, 2.24) is 15.6 Å². The molecule has 1 aromatic heterocycles. The van der Waals surface area contributed by atoms with Crippen molar-refractivity contribution >= 4 is 23.3 Å². The number of esters is 1. The highest BCUT2D eigenvalue weighted by Gasteiger charge is 2.04. The number of aliphatic imine (C=N–C) groups is 1. The van der Waals surface area contributed by atoms with Gasteiger partial charge >= 0.3 is 5.97 Å². The van der Waals surface area contributed by atoms with Gasteiger partial charge in [0.1, 0.15) is 0 Å². The van der Waals surface area contributed by atoms with Crippen molar-refractivity contribution in [2.45, 2.75) is 26.8 Å². The van der Waals surface area contributed by atoms with Gasteiger partial charge < -0.3 is 15.4 Å². The Morgan fingerprint density at radius 3 is 2.64 bits per heavy atom. The van der Waals surface area contributed by atoms with Crippen LogP contribution in [0, 0.1) is 6.92 Å². The molecule has 1 aromatic carbocycles. The summed E-state index contributed by atoms with van der Waals surface area (Å²) < 4.78 is 4.70. The van der Waals surface area contributed by atoms with Gasteiger partial charge in [0.05, 0.1) is 24.2 Å². The average Bonchev–Trinajstić information content (AvgIpc) is 3.04. The zero-order valence-corrected chi connectivity index (χ0v) is 15.7. The van der Waals surface area contributed by atoms with Crippen LogP contribution in [0.4, 0.5) is 0 Å². The summed E-state index contributed by atoms with van der Waals surface area (Å²) in [6.07, 6.45) is 2.77. The standard InChI is InChI=1S/C18H24N4O2S/c1-4-19-18(20-10-9-16-21-11-13(2)25-16)22-12-14-5-7-15(8-6-14)17(23)24-3/h5-8,11H,4,9-10,12H2,1-3H3,(H2,19,20,22). The zero-order chi connectivity index (χ0) is 18.1. The van der Waals surface area contributed by atoms with Crippen LogP contribution in [-0.4, -0.2) is 37.1 Å². The number of aromatic nitrogens is 1. The van der Waals surface area contributed by atoms with Gasteiger partial charge in [0.15, 0.2) is 5.96 Å². The molecule has 134 valence electrons. The first kappa shape index (κ1) is 18.9. The smallest absolute Gasteiger partial charge is 0.337 e. The highest BCUT2D eigenvalue weighted by Crippen LogP contribution is 2.11. The lowest BCUT2D eigenvalue weighted by atomic mass is 10.1. The van der Waals surface area contributed by atoms with Gasteiger partial charge in [-0.3, -0.25) is 0 Å². The normalized spacial score (nSPS) is 11.2. The molecule has 0 bridgehead atoms. The Balaban J connectivity index is 1.88. The largest absolute Gasteiger partial charge is 0.465 e. The van der Waals surface area contributed by atoms with Crippen LogP contribution in [0.3, 0.4) is 0 Å². The van der Waals surface area contributed by atoms with Crippen molar-refractivity contribution in [3.8, 4) is 0 Å². The van der Waals surface area contributed by atoms with E-state index in [0.717, 1.165) is 36.0 Å². The van der Waals surface area contributed by atoms with Crippen molar-refractivity contribution in [3.05, 3.63) is 51.5 Å². The Bertz CT molecular complexity index is 710. The summed E-state index contributed by atoms with van der Waals surface area (Å²) >= 11 is 1.72. The van der Waals surface area contributed by atoms with Gasteiger partial charge in [-0.1, -0.05) is 12.1 Å². The zero-order valence-electron chi connectivity index (χ0n) is 14.8. The summed E-state index contributed by atoms with van der Waals surface area (Å²) in [6, 6.07) is 7.28. The summed E-state index contributed by atoms with van der Waals surface area (Å²) in [5, 5.41) is 7.67. The predicted octanol–water partition coefficient (Wildman–Crippen LogP) is 2.54. The first-order chi connectivity index (χ1) is 12.1. The molecular formula is C18H24N4O2S. The number of nitrogens with zero attached hydrogens (tertiary/aromatic N) is 2.